The maximum atomic E-state index is 11.9. The lowest BCUT2D eigenvalue weighted by atomic mass is 10.2. The summed E-state index contributed by atoms with van der Waals surface area (Å²) in [7, 11) is 0. The Morgan fingerprint density at radius 1 is 1.42 bits per heavy atom. The van der Waals surface area contributed by atoms with Crippen LogP contribution in [0.3, 0.4) is 0 Å². The second kappa shape index (κ2) is 7.68. The number of amides is 1. The Kier molecular flexibility index (Phi) is 5.37. The molecule has 0 aliphatic heterocycles. The summed E-state index contributed by atoms with van der Waals surface area (Å²) in [6, 6.07) is 1.87. The monoisotopic (exact) mass is 343 g/mol. The summed E-state index contributed by atoms with van der Waals surface area (Å²) in [5.41, 5.74) is 4.44. The molecule has 2 N–H and O–H groups in total. The van der Waals surface area contributed by atoms with Gasteiger partial charge in [0.05, 0.1) is 6.61 Å². The van der Waals surface area contributed by atoms with Crippen LogP contribution in [0, 0.1) is 6.92 Å². The Balaban J connectivity index is 1.49. The van der Waals surface area contributed by atoms with Crippen LogP contribution >= 0.6 is 11.3 Å². The fraction of sp³-hybridized carbons (Fsp3) is 0.389. The first-order valence-electron chi connectivity index (χ1n) is 8.15. The van der Waals surface area contributed by atoms with Gasteiger partial charge in [-0.3, -0.25) is 4.79 Å². The fourth-order valence-corrected chi connectivity index (χ4v) is 3.67. The van der Waals surface area contributed by atoms with Crippen molar-refractivity contribution in [3.8, 4) is 0 Å². The zero-order valence-electron chi connectivity index (χ0n) is 13.7. The number of nitrogens with one attached hydrogen (secondary N) is 1. The van der Waals surface area contributed by atoms with Crippen LogP contribution in [0.1, 0.15) is 39.6 Å². The van der Waals surface area contributed by atoms with Gasteiger partial charge in [-0.05, 0) is 54.8 Å². The van der Waals surface area contributed by atoms with Crippen molar-refractivity contribution in [2.75, 3.05) is 6.54 Å². The number of thiophene rings is 1. The zero-order valence-corrected chi connectivity index (χ0v) is 14.5. The highest BCUT2D eigenvalue weighted by Crippen LogP contribution is 2.22. The number of nitrogens with zero attached hydrogens (tertiary/aromatic N) is 2. The summed E-state index contributed by atoms with van der Waals surface area (Å²) in [5.74, 6) is 0.676. The molecule has 0 spiro atoms. The minimum atomic E-state index is -0.133. The Morgan fingerprint density at radius 3 is 3.08 bits per heavy atom. The average Bonchev–Trinajstić information content (AvgIpc) is 3.22. The summed E-state index contributed by atoms with van der Waals surface area (Å²) in [6.07, 6.45) is 7.20. The first kappa shape index (κ1) is 16.8. The smallest absolute Gasteiger partial charge is 0.244 e. The molecule has 0 unspecified atom stereocenters. The quantitative estimate of drug-likeness (QED) is 0.789. The van der Waals surface area contributed by atoms with E-state index in [0.29, 0.717) is 13.0 Å². The Bertz CT molecular complexity index is 768. The molecule has 5 nitrogen and oxygen atoms in total. The van der Waals surface area contributed by atoms with Crippen LogP contribution in [0.5, 0.6) is 0 Å². The Labute approximate surface area is 145 Å². The van der Waals surface area contributed by atoms with E-state index in [-0.39, 0.29) is 12.5 Å². The lowest BCUT2D eigenvalue weighted by Crippen LogP contribution is -2.24. The molecule has 1 amide bonds. The molecule has 2 aromatic rings. The highest BCUT2D eigenvalue weighted by atomic mass is 32.1. The third kappa shape index (κ3) is 4.07. The highest BCUT2D eigenvalue weighted by molar-refractivity contribution is 7.11. The Hall–Kier alpha value is -2.05. The maximum Gasteiger partial charge on any atom is 0.244 e. The van der Waals surface area contributed by atoms with E-state index in [9.17, 15) is 4.79 Å². The highest BCUT2D eigenvalue weighted by Gasteiger charge is 2.16. The maximum absolute atomic E-state index is 11.9. The summed E-state index contributed by atoms with van der Waals surface area (Å²) in [4.78, 5) is 22.0. The van der Waals surface area contributed by atoms with Crippen molar-refractivity contribution in [3.63, 3.8) is 0 Å². The number of aliphatic hydroxyl groups is 1. The fourth-order valence-electron chi connectivity index (χ4n) is 2.87. The van der Waals surface area contributed by atoms with Crippen LogP contribution in [0.2, 0.25) is 0 Å². The van der Waals surface area contributed by atoms with Gasteiger partial charge in [0.2, 0.25) is 5.91 Å². The van der Waals surface area contributed by atoms with E-state index in [1.807, 2.05) is 18.4 Å². The lowest BCUT2D eigenvalue weighted by Gasteiger charge is -2.07. The van der Waals surface area contributed by atoms with Gasteiger partial charge in [0.25, 0.3) is 0 Å². The van der Waals surface area contributed by atoms with Gasteiger partial charge in [-0.1, -0.05) is 0 Å². The van der Waals surface area contributed by atoms with E-state index in [0.717, 1.165) is 41.2 Å². The van der Waals surface area contributed by atoms with Crippen molar-refractivity contribution < 1.29 is 9.90 Å². The predicted molar refractivity (Wildman–Crippen MR) is 94.8 cm³/mol. The van der Waals surface area contributed by atoms with E-state index in [4.69, 9.17) is 5.11 Å². The van der Waals surface area contributed by atoms with Crippen LogP contribution in [-0.4, -0.2) is 27.5 Å². The second-order valence-corrected chi connectivity index (χ2v) is 6.84. The molecule has 1 aliphatic rings. The van der Waals surface area contributed by atoms with Crippen LogP contribution in [0.25, 0.3) is 6.08 Å². The largest absolute Gasteiger partial charge is 0.392 e. The zero-order chi connectivity index (χ0) is 16.9. The minimum Gasteiger partial charge on any atom is -0.392 e. The molecule has 2 aromatic heterocycles. The summed E-state index contributed by atoms with van der Waals surface area (Å²) in [5, 5.41) is 13.8. The number of hydrogen-bond acceptors (Lipinski definition) is 5. The molecule has 3 rings (SSSR count). The minimum absolute atomic E-state index is 0.0245. The van der Waals surface area contributed by atoms with Crippen molar-refractivity contribution in [2.45, 2.75) is 39.2 Å². The van der Waals surface area contributed by atoms with Gasteiger partial charge >= 0.3 is 0 Å². The van der Waals surface area contributed by atoms with Crippen molar-refractivity contribution in [1.29, 1.82) is 0 Å². The molecule has 0 atom stereocenters. The number of aromatic nitrogens is 2. The van der Waals surface area contributed by atoms with E-state index >= 15 is 0 Å². The molecule has 126 valence electrons. The first-order chi connectivity index (χ1) is 11.7. The molecule has 0 bridgehead atoms. The third-order valence-corrected chi connectivity index (χ3v) is 5.04. The third-order valence-electron chi connectivity index (χ3n) is 4.09. The summed E-state index contributed by atoms with van der Waals surface area (Å²) < 4.78 is 0. The second-order valence-electron chi connectivity index (χ2n) is 5.89. The van der Waals surface area contributed by atoms with E-state index < -0.39 is 0 Å². The average molecular weight is 343 g/mol. The SMILES string of the molecule is Cc1nc(CCNC(=O)C=Cc2cc(CO)cs2)nc2c1CCC2. The van der Waals surface area contributed by atoms with Crippen molar-refractivity contribution >= 4 is 23.3 Å². The molecule has 2 heterocycles. The number of fused-ring (bicyclic) bond motifs is 1. The molecule has 0 fully saturated rings. The molecular formula is C18H21N3O2S. The molecule has 6 heteroatoms. The summed E-state index contributed by atoms with van der Waals surface area (Å²) in [6.45, 7) is 2.59. The normalized spacial score (nSPS) is 13.4. The predicted octanol–water partition coefficient (Wildman–Crippen LogP) is 2.20. The van der Waals surface area contributed by atoms with Crippen LogP contribution in [-0.2, 0) is 30.7 Å². The van der Waals surface area contributed by atoms with Gasteiger partial charge in [-0.25, -0.2) is 9.97 Å². The molecule has 1 aliphatic carbocycles. The van der Waals surface area contributed by atoms with Crippen molar-refractivity contribution in [2.24, 2.45) is 0 Å². The van der Waals surface area contributed by atoms with E-state index in [1.165, 1.54) is 28.7 Å². The number of carbonyl (C=O) groups excluding carboxylic acids is 1. The van der Waals surface area contributed by atoms with Gasteiger partial charge < -0.3 is 10.4 Å². The van der Waals surface area contributed by atoms with Crippen molar-refractivity contribution in [3.05, 3.63) is 50.7 Å². The number of carbonyl (C=O) groups is 1. The number of aliphatic hydroxyl groups excluding tert-OH is 1. The molecular weight excluding hydrogens is 322 g/mol. The molecule has 0 aromatic carbocycles. The van der Waals surface area contributed by atoms with E-state index in [2.05, 4.69) is 15.3 Å². The van der Waals surface area contributed by atoms with Gasteiger partial charge in [-0.2, -0.15) is 0 Å². The Morgan fingerprint density at radius 2 is 2.29 bits per heavy atom. The van der Waals surface area contributed by atoms with Gasteiger partial charge in [0.1, 0.15) is 5.82 Å². The van der Waals surface area contributed by atoms with Crippen LogP contribution in [0.4, 0.5) is 0 Å². The lowest BCUT2D eigenvalue weighted by molar-refractivity contribution is -0.116. The van der Waals surface area contributed by atoms with Crippen LogP contribution < -0.4 is 5.32 Å². The standard InChI is InChI=1S/C18H21N3O2S/c1-12-15-3-2-4-16(15)21-17(20-12)7-8-19-18(23)6-5-14-9-13(10-22)11-24-14/h5-6,9,11,22H,2-4,7-8,10H2,1H3,(H,19,23). The number of aryl methyl sites for hydroxylation is 2. The van der Waals surface area contributed by atoms with Crippen molar-refractivity contribution in [1.82, 2.24) is 15.3 Å². The molecule has 24 heavy (non-hydrogen) atoms. The van der Waals surface area contributed by atoms with Gasteiger partial charge in [-0.15, -0.1) is 11.3 Å². The molecule has 0 radical (unpaired) electrons. The van der Waals surface area contributed by atoms with Gasteiger partial charge in [0.15, 0.2) is 0 Å². The van der Waals surface area contributed by atoms with Crippen LogP contribution in [0.15, 0.2) is 17.5 Å². The number of hydrogen-bond donors (Lipinski definition) is 2. The first-order valence-corrected chi connectivity index (χ1v) is 9.03. The molecule has 0 saturated heterocycles. The molecule has 0 saturated carbocycles. The topological polar surface area (TPSA) is 75.1 Å². The van der Waals surface area contributed by atoms with Gasteiger partial charge in [0, 0.05) is 35.3 Å². The number of rotatable bonds is 6. The van der Waals surface area contributed by atoms with E-state index in [1.54, 1.807) is 6.08 Å². The summed E-state index contributed by atoms with van der Waals surface area (Å²) >= 11 is 1.50.